The number of fused-ring (bicyclic) bond motifs is 1. The number of morpholine rings is 1. The number of hydrogen-bond acceptors (Lipinski definition) is 4. The molecular weight excluding hydrogens is 328 g/mol. The fourth-order valence-corrected chi connectivity index (χ4v) is 3.28. The second kappa shape index (κ2) is 9.01. The lowest BCUT2D eigenvalue weighted by Gasteiger charge is -2.27. The third-order valence-electron chi connectivity index (χ3n) is 4.80. The molecule has 1 aliphatic heterocycles. The summed E-state index contributed by atoms with van der Waals surface area (Å²) in [5.74, 6) is 0.849. The highest BCUT2D eigenvalue weighted by Crippen LogP contribution is 2.27. The minimum Gasteiger partial charge on any atom is -0.460 e. The summed E-state index contributed by atoms with van der Waals surface area (Å²) in [6, 6.07) is 8.08. The summed E-state index contributed by atoms with van der Waals surface area (Å²) >= 11 is 0. The van der Waals surface area contributed by atoms with Gasteiger partial charge in [-0.25, -0.2) is 0 Å². The van der Waals surface area contributed by atoms with Crippen LogP contribution in [0.2, 0.25) is 0 Å². The topological polar surface area (TPSA) is 54.7 Å². The Bertz CT molecular complexity index is 760. The maximum Gasteiger partial charge on any atom is 0.244 e. The number of carbonyl (C=O) groups excluding carboxylic acids is 1. The first kappa shape index (κ1) is 18.7. The highest BCUT2D eigenvalue weighted by molar-refractivity contribution is 5.96. The first-order valence-electron chi connectivity index (χ1n) is 9.46. The molecule has 1 aliphatic rings. The van der Waals surface area contributed by atoms with Gasteiger partial charge >= 0.3 is 0 Å². The number of amides is 1. The Hall–Kier alpha value is -2.11. The third kappa shape index (κ3) is 4.74. The summed E-state index contributed by atoms with van der Waals surface area (Å²) in [6.45, 7) is 8.67. The van der Waals surface area contributed by atoms with Crippen LogP contribution in [0.4, 0.5) is 0 Å². The monoisotopic (exact) mass is 356 g/mol. The summed E-state index contributed by atoms with van der Waals surface area (Å²) in [5.41, 5.74) is 1.86. The van der Waals surface area contributed by atoms with E-state index in [4.69, 9.17) is 9.15 Å². The van der Waals surface area contributed by atoms with E-state index in [-0.39, 0.29) is 11.9 Å². The van der Waals surface area contributed by atoms with Gasteiger partial charge < -0.3 is 14.5 Å². The predicted molar refractivity (Wildman–Crippen MR) is 104 cm³/mol. The fourth-order valence-electron chi connectivity index (χ4n) is 3.28. The van der Waals surface area contributed by atoms with Crippen LogP contribution in [0.25, 0.3) is 17.0 Å². The zero-order valence-electron chi connectivity index (χ0n) is 15.7. The summed E-state index contributed by atoms with van der Waals surface area (Å²) in [6.07, 6.45) is 5.22. The molecule has 1 aromatic heterocycles. The zero-order valence-corrected chi connectivity index (χ0v) is 15.7. The van der Waals surface area contributed by atoms with E-state index < -0.39 is 0 Å². The smallest absolute Gasteiger partial charge is 0.244 e. The largest absolute Gasteiger partial charge is 0.460 e. The van der Waals surface area contributed by atoms with Crippen LogP contribution in [0.3, 0.4) is 0 Å². The molecule has 1 atom stereocenters. The zero-order chi connectivity index (χ0) is 18.4. The number of nitrogens with one attached hydrogen (secondary N) is 1. The quantitative estimate of drug-likeness (QED) is 0.774. The summed E-state index contributed by atoms with van der Waals surface area (Å²) in [7, 11) is 0. The average molecular weight is 356 g/mol. The second-order valence-electron chi connectivity index (χ2n) is 6.77. The number of aryl methyl sites for hydroxylation is 1. The lowest BCUT2D eigenvalue weighted by Crippen LogP contribution is -2.40. The molecule has 1 aromatic carbocycles. The maximum absolute atomic E-state index is 12.3. The van der Waals surface area contributed by atoms with Gasteiger partial charge in [-0.3, -0.25) is 9.69 Å². The molecule has 1 unspecified atom stereocenters. The number of hydrogen-bond donors (Lipinski definition) is 1. The Morgan fingerprint density at radius 3 is 2.85 bits per heavy atom. The van der Waals surface area contributed by atoms with Crippen LogP contribution in [-0.2, 0) is 16.0 Å². The lowest BCUT2D eigenvalue weighted by molar-refractivity contribution is -0.117. The van der Waals surface area contributed by atoms with Crippen molar-refractivity contribution in [2.75, 3.05) is 32.8 Å². The number of furan rings is 1. The Morgan fingerprint density at radius 1 is 1.31 bits per heavy atom. The van der Waals surface area contributed by atoms with Gasteiger partial charge in [-0.15, -0.1) is 0 Å². The molecule has 1 saturated heterocycles. The van der Waals surface area contributed by atoms with Crippen molar-refractivity contribution in [1.29, 1.82) is 0 Å². The number of carbonyl (C=O) groups is 1. The summed E-state index contributed by atoms with van der Waals surface area (Å²) in [4.78, 5) is 14.7. The average Bonchev–Trinajstić information content (AvgIpc) is 3.03. The molecule has 0 aliphatic carbocycles. The van der Waals surface area contributed by atoms with Crippen LogP contribution >= 0.6 is 0 Å². The van der Waals surface area contributed by atoms with E-state index in [2.05, 4.69) is 24.1 Å². The third-order valence-corrected chi connectivity index (χ3v) is 4.80. The molecule has 2 aromatic rings. The minimum absolute atomic E-state index is 0.0631. The lowest BCUT2D eigenvalue weighted by atomic mass is 10.1. The van der Waals surface area contributed by atoms with E-state index in [0.717, 1.165) is 68.0 Å². The van der Waals surface area contributed by atoms with Gasteiger partial charge in [-0.2, -0.15) is 0 Å². The normalized spacial score (nSPS) is 17.0. The van der Waals surface area contributed by atoms with Crippen molar-refractivity contribution in [3.8, 4) is 0 Å². The maximum atomic E-state index is 12.3. The molecule has 0 spiro atoms. The van der Waals surface area contributed by atoms with Crippen LogP contribution in [0.5, 0.6) is 0 Å². The minimum atomic E-state index is -0.0631. The van der Waals surface area contributed by atoms with Crippen LogP contribution < -0.4 is 5.32 Å². The van der Waals surface area contributed by atoms with Gasteiger partial charge in [0, 0.05) is 49.1 Å². The van der Waals surface area contributed by atoms with Crippen LogP contribution in [-0.4, -0.2) is 49.7 Å². The van der Waals surface area contributed by atoms with Crippen LogP contribution in [0.15, 0.2) is 34.8 Å². The molecule has 0 bridgehead atoms. The van der Waals surface area contributed by atoms with Crippen molar-refractivity contribution in [3.05, 3.63) is 41.7 Å². The van der Waals surface area contributed by atoms with Crippen LogP contribution in [0.1, 0.15) is 31.6 Å². The number of nitrogens with zero attached hydrogens (tertiary/aromatic N) is 1. The number of ether oxygens (including phenoxy) is 1. The van der Waals surface area contributed by atoms with E-state index >= 15 is 0 Å². The van der Waals surface area contributed by atoms with Gasteiger partial charge in [0.1, 0.15) is 11.3 Å². The van der Waals surface area contributed by atoms with E-state index in [0.29, 0.717) is 0 Å². The molecule has 3 rings (SSSR count). The molecule has 5 heteroatoms. The van der Waals surface area contributed by atoms with Crippen LogP contribution in [0, 0.1) is 0 Å². The molecule has 1 fully saturated rings. The van der Waals surface area contributed by atoms with Crippen molar-refractivity contribution in [2.45, 2.75) is 32.7 Å². The van der Waals surface area contributed by atoms with Gasteiger partial charge in [-0.1, -0.05) is 25.1 Å². The van der Waals surface area contributed by atoms with Crippen molar-refractivity contribution < 1.29 is 13.9 Å². The Balaban J connectivity index is 1.55. The number of benzene rings is 1. The van der Waals surface area contributed by atoms with Crippen molar-refractivity contribution >= 4 is 23.0 Å². The van der Waals surface area contributed by atoms with Crippen molar-refractivity contribution in [3.63, 3.8) is 0 Å². The SMILES string of the molecule is CCc1oc2ccccc2c1C=CC(=O)NC(C)CCN1CCOCC1. The molecule has 2 heterocycles. The molecule has 1 N–H and O–H groups in total. The highest BCUT2D eigenvalue weighted by atomic mass is 16.5. The number of rotatable bonds is 7. The van der Waals surface area contributed by atoms with Crippen molar-refractivity contribution in [2.24, 2.45) is 0 Å². The Morgan fingerprint density at radius 2 is 2.08 bits per heavy atom. The molecule has 140 valence electrons. The predicted octanol–water partition coefficient (Wildman–Crippen LogP) is 3.24. The van der Waals surface area contributed by atoms with E-state index in [1.807, 2.05) is 30.3 Å². The van der Waals surface area contributed by atoms with Crippen molar-refractivity contribution in [1.82, 2.24) is 10.2 Å². The Kier molecular flexibility index (Phi) is 6.47. The fraction of sp³-hybridized carbons (Fsp3) is 0.476. The Labute approximate surface area is 155 Å². The van der Waals surface area contributed by atoms with Gasteiger partial charge in [0.25, 0.3) is 0 Å². The van der Waals surface area contributed by atoms with E-state index in [1.165, 1.54) is 0 Å². The van der Waals surface area contributed by atoms with E-state index in [9.17, 15) is 4.79 Å². The standard InChI is InChI=1S/C21H28N2O3/c1-3-19-18(17-6-4-5-7-20(17)26-19)8-9-21(24)22-16(2)10-11-23-12-14-25-15-13-23/h4-9,16H,3,10-15H2,1-2H3,(H,22,24). The van der Waals surface area contributed by atoms with E-state index in [1.54, 1.807) is 6.08 Å². The molecule has 1 amide bonds. The summed E-state index contributed by atoms with van der Waals surface area (Å²) < 4.78 is 11.2. The highest BCUT2D eigenvalue weighted by Gasteiger charge is 2.13. The number of para-hydroxylation sites is 1. The first-order chi connectivity index (χ1) is 12.7. The molecule has 26 heavy (non-hydrogen) atoms. The second-order valence-corrected chi connectivity index (χ2v) is 6.77. The van der Waals surface area contributed by atoms with Gasteiger partial charge in [-0.05, 0) is 25.5 Å². The molecular formula is C21H28N2O3. The molecule has 5 nitrogen and oxygen atoms in total. The van der Waals surface area contributed by atoms with Gasteiger partial charge in [0.2, 0.25) is 5.91 Å². The summed E-state index contributed by atoms with van der Waals surface area (Å²) in [5, 5.41) is 4.10. The van der Waals surface area contributed by atoms with Gasteiger partial charge in [0.15, 0.2) is 0 Å². The molecule has 0 saturated carbocycles. The first-order valence-corrected chi connectivity index (χ1v) is 9.46. The molecule has 0 radical (unpaired) electrons. The van der Waals surface area contributed by atoms with Gasteiger partial charge in [0.05, 0.1) is 13.2 Å².